The molecule has 3 aromatic rings. The molecular formula is C24H23F3N4O2. The van der Waals surface area contributed by atoms with Gasteiger partial charge in [0.25, 0.3) is 5.91 Å². The van der Waals surface area contributed by atoms with Crippen LogP contribution >= 0.6 is 0 Å². The summed E-state index contributed by atoms with van der Waals surface area (Å²) >= 11 is 0. The van der Waals surface area contributed by atoms with Gasteiger partial charge in [0.05, 0.1) is 24.0 Å². The number of hydrogen-bond acceptors (Lipinski definition) is 3. The monoisotopic (exact) mass is 456 g/mol. The van der Waals surface area contributed by atoms with Gasteiger partial charge in [-0.25, -0.2) is 0 Å². The number of nitrogens with zero attached hydrogens (tertiary/aromatic N) is 3. The highest BCUT2D eigenvalue weighted by atomic mass is 19.4. The molecule has 1 aliphatic heterocycles. The van der Waals surface area contributed by atoms with E-state index in [0.717, 1.165) is 17.7 Å². The van der Waals surface area contributed by atoms with Gasteiger partial charge in [-0.1, -0.05) is 30.3 Å². The smallest absolute Gasteiger partial charge is 0.339 e. The normalized spacial score (nSPS) is 14.8. The van der Waals surface area contributed by atoms with Crippen molar-refractivity contribution >= 4 is 17.5 Å². The molecule has 0 bridgehead atoms. The lowest BCUT2D eigenvalue weighted by molar-refractivity contribution is -0.137. The van der Waals surface area contributed by atoms with Crippen molar-refractivity contribution in [3.05, 3.63) is 83.7 Å². The van der Waals surface area contributed by atoms with Crippen molar-refractivity contribution in [1.29, 1.82) is 0 Å². The third-order valence-electron chi connectivity index (χ3n) is 5.70. The molecule has 1 aliphatic rings. The summed E-state index contributed by atoms with van der Waals surface area (Å²) in [6.07, 6.45) is -0.101. The Labute approximate surface area is 189 Å². The van der Waals surface area contributed by atoms with Gasteiger partial charge in [0.2, 0.25) is 5.91 Å². The molecule has 6 nitrogen and oxygen atoms in total. The number of alkyl halides is 3. The number of carbonyl (C=O) groups is 2. The molecule has 0 radical (unpaired) electrons. The summed E-state index contributed by atoms with van der Waals surface area (Å²) in [4.78, 5) is 26.8. The van der Waals surface area contributed by atoms with Gasteiger partial charge in [-0.3, -0.25) is 14.3 Å². The van der Waals surface area contributed by atoms with E-state index in [4.69, 9.17) is 0 Å². The Morgan fingerprint density at radius 3 is 2.30 bits per heavy atom. The molecular weight excluding hydrogens is 433 g/mol. The van der Waals surface area contributed by atoms with Crippen molar-refractivity contribution in [2.45, 2.75) is 25.6 Å². The zero-order valence-electron chi connectivity index (χ0n) is 17.8. The summed E-state index contributed by atoms with van der Waals surface area (Å²) in [5, 5.41) is 7.16. The van der Waals surface area contributed by atoms with Crippen molar-refractivity contribution in [2.75, 3.05) is 18.4 Å². The first-order valence-corrected chi connectivity index (χ1v) is 10.6. The standard InChI is InChI=1S/C24H23F3N4O2/c25-24(26,27)20-8-6-19(7-9-20)23(33)30-12-10-18(11-13-30)22(32)29-21-14-28-31(16-21)15-17-4-2-1-3-5-17/h1-9,14,16,18H,10-13,15H2,(H,29,32). The maximum atomic E-state index is 12.7. The van der Waals surface area contributed by atoms with Crippen molar-refractivity contribution in [3.63, 3.8) is 0 Å². The molecule has 1 saturated heterocycles. The first-order chi connectivity index (χ1) is 15.8. The van der Waals surface area contributed by atoms with Crippen LogP contribution in [0.5, 0.6) is 0 Å². The second-order valence-electron chi connectivity index (χ2n) is 8.04. The molecule has 1 N–H and O–H groups in total. The molecule has 172 valence electrons. The van der Waals surface area contributed by atoms with Crippen molar-refractivity contribution in [3.8, 4) is 0 Å². The molecule has 1 fully saturated rings. The van der Waals surface area contributed by atoms with Crippen LogP contribution in [0.25, 0.3) is 0 Å². The first kappa shape index (κ1) is 22.6. The molecule has 0 saturated carbocycles. The van der Waals surface area contributed by atoms with E-state index in [9.17, 15) is 22.8 Å². The van der Waals surface area contributed by atoms with Gasteiger partial charge in [0.15, 0.2) is 0 Å². The van der Waals surface area contributed by atoms with Crippen LogP contribution in [0.2, 0.25) is 0 Å². The third-order valence-corrected chi connectivity index (χ3v) is 5.70. The second-order valence-corrected chi connectivity index (χ2v) is 8.04. The van der Waals surface area contributed by atoms with E-state index in [1.54, 1.807) is 22.0 Å². The fraction of sp³-hybridized carbons (Fsp3) is 0.292. The molecule has 2 aromatic carbocycles. The third kappa shape index (κ3) is 5.60. The number of amides is 2. The van der Waals surface area contributed by atoms with Gasteiger partial charge >= 0.3 is 6.18 Å². The fourth-order valence-electron chi connectivity index (χ4n) is 3.86. The number of carbonyl (C=O) groups excluding carboxylic acids is 2. The zero-order valence-corrected chi connectivity index (χ0v) is 17.8. The molecule has 4 rings (SSSR count). The predicted octanol–water partition coefficient (Wildman–Crippen LogP) is 4.44. The Kier molecular flexibility index (Phi) is 6.48. The molecule has 0 aliphatic carbocycles. The van der Waals surface area contributed by atoms with Crippen LogP contribution in [-0.2, 0) is 17.5 Å². The number of rotatable bonds is 5. The largest absolute Gasteiger partial charge is 0.416 e. The van der Waals surface area contributed by atoms with Crippen LogP contribution in [0.15, 0.2) is 67.0 Å². The maximum absolute atomic E-state index is 12.7. The fourth-order valence-corrected chi connectivity index (χ4v) is 3.86. The molecule has 2 amide bonds. The summed E-state index contributed by atoms with van der Waals surface area (Å²) in [7, 11) is 0. The van der Waals surface area contributed by atoms with Crippen LogP contribution in [-0.4, -0.2) is 39.6 Å². The number of hydrogen-bond donors (Lipinski definition) is 1. The molecule has 33 heavy (non-hydrogen) atoms. The molecule has 1 aromatic heterocycles. The summed E-state index contributed by atoms with van der Waals surface area (Å²) in [5.41, 5.74) is 1.13. The Balaban J connectivity index is 1.28. The molecule has 9 heteroatoms. The maximum Gasteiger partial charge on any atom is 0.416 e. The van der Waals surface area contributed by atoms with Crippen LogP contribution in [0.1, 0.15) is 34.3 Å². The van der Waals surface area contributed by atoms with Crippen LogP contribution < -0.4 is 5.32 Å². The summed E-state index contributed by atoms with van der Waals surface area (Å²) in [5.74, 6) is -0.709. The quantitative estimate of drug-likeness (QED) is 0.617. The number of likely N-dealkylation sites (tertiary alicyclic amines) is 1. The van der Waals surface area contributed by atoms with Gasteiger partial charge in [0.1, 0.15) is 0 Å². The highest BCUT2D eigenvalue weighted by molar-refractivity contribution is 5.95. The van der Waals surface area contributed by atoms with Crippen molar-refractivity contribution in [1.82, 2.24) is 14.7 Å². The Bertz CT molecular complexity index is 1100. The first-order valence-electron chi connectivity index (χ1n) is 10.6. The number of aromatic nitrogens is 2. The summed E-state index contributed by atoms with van der Waals surface area (Å²) < 4.78 is 39.9. The molecule has 0 spiro atoms. The lowest BCUT2D eigenvalue weighted by atomic mass is 9.95. The van der Waals surface area contributed by atoms with Gasteiger partial charge in [-0.2, -0.15) is 18.3 Å². The highest BCUT2D eigenvalue weighted by Gasteiger charge is 2.31. The van der Waals surface area contributed by atoms with Gasteiger partial charge in [0, 0.05) is 30.8 Å². The molecule has 0 atom stereocenters. The highest BCUT2D eigenvalue weighted by Crippen LogP contribution is 2.29. The van der Waals surface area contributed by atoms with E-state index in [-0.39, 0.29) is 23.3 Å². The van der Waals surface area contributed by atoms with Crippen LogP contribution in [0, 0.1) is 5.92 Å². The van der Waals surface area contributed by atoms with Gasteiger partial charge in [-0.05, 0) is 42.7 Å². The SMILES string of the molecule is O=C(Nc1cnn(Cc2ccccc2)c1)C1CCN(C(=O)c2ccc(C(F)(F)F)cc2)CC1. The van der Waals surface area contributed by atoms with E-state index >= 15 is 0 Å². The van der Waals surface area contributed by atoms with E-state index < -0.39 is 11.7 Å². The van der Waals surface area contributed by atoms with Gasteiger partial charge in [-0.15, -0.1) is 0 Å². The number of piperidine rings is 1. The summed E-state index contributed by atoms with van der Waals surface area (Å²) in [6.45, 7) is 1.33. The summed E-state index contributed by atoms with van der Waals surface area (Å²) in [6, 6.07) is 14.1. The average molecular weight is 456 g/mol. The minimum absolute atomic E-state index is 0.129. The van der Waals surface area contributed by atoms with Crippen molar-refractivity contribution < 1.29 is 22.8 Å². The Morgan fingerprint density at radius 1 is 1.00 bits per heavy atom. The minimum Gasteiger partial charge on any atom is -0.339 e. The second kappa shape index (κ2) is 9.48. The minimum atomic E-state index is -4.44. The topological polar surface area (TPSA) is 67.2 Å². The van der Waals surface area contributed by atoms with Crippen LogP contribution in [0.4, 0.5) is 18.9 Å². The molecule has 2 heterocycles. The van der Waals surface area contributed by atoms with E-state index in [1.165, 1.54) is 12.1 Å². The number of halogens is 3. The molecule has 0 unspecified atom stereocenters. The van der Waals surface area contributed by atoms with E-state index in [1.807, 2.05) is 30.3 Å². The zero-order chi connectivity index (χ0) is 23.4. The number of nitrogens with one attached hydrogen (secondary N) is 1. The lowest BCUT2D eigenvalue weighted by Gasteiger charge is -2.31. The predicted molar refractivity (Wildman–Crippen MR) is 116 cm³/mol. The van der Waals surface area contributed by atoms with E-state index in [2.05, 4.69) is 10.4 Å². The Hall–Kier alpha value is -3.62. The van der Waals surface area contributed by atoms with Crippen LogP contribution in [0.3, 0.4) is 0 Å². The lowest BCUT2D eigenvalue weighted by Crippen LogP contribution is -2.41. The average Bonchev–Trinajstić information content (AvgIpc) is 3.25. The number of benzene rings is 2. The Morgan fingerprint density at radius 2 is 1.67 bits per heavy atom. The van der Waals surface area contributed by atoms with E-state index in [0.29, 0.717) is 38.2 Å². The van der Waals surface area contributed by atoms with Gasteiger partial charge < -0.3 is 10.2 Å². The number of anilines is 1. The van der Waals surface area contributed by atoms with Crippen molar-refractivity contribution in [2.24, 2.45) is 5.92 Å².